The number of fused-ring (bicyclic) bond motifs is 3. The van der Waals surface area contributed by atoms with Crippen molar-refractivity contribution in [2.75, 3.05) is 12.3 Å². The monoisotopic (exact) mass is 290 g/mol. The largest absolute Gasteiger partial charge is 0.397 e. The number of thiophene rings is 1. The van der Waals surface area contributed by atoms with Gasteiger partial charge in [0.1, 0.15) is 10.7 Å². The summed E-state index contributed by atoms with van der Waals surface area (Å²) < 4.78 is 14.6. The van der Waals surface area contributed by atoms with E-state index in [0.29, 0.717) is 27.9 Å². The number of nitrogens with two attached hydrogens (primary N) is 1. The highest BCUT2D eigenvalue weighted by molar-refractivity contribution is 7.21. The maximum atomic E-state index is 13.9. The third kappa shape index (κ3) is 1.59. The summed E-state index contributed by atoms with van der Waals surface area (Å²) in [5.41, 5.74) is 6.33. The Balaban J connectivity index is 1.77. The Morgan fingerprint density at radius 1 is 1.40 bits per heavy atom. The third-order valence-corrected chi connectivity index (χ3v) is 5.72. The molecule has 1 saturated carbocycles. The fourth-order valence-corrected chi connectivity index (χ4v) is 4.68. The van der Waals surface area contributed by atoms with Crippen molar-refractivity contribution in [3.63, 3.8) is 0 Å². The second-order valence-corrected chi connectivity index (χ2v) is 6.80. The molecule has 2 fully saturated rings. The standard InChI is InChI=1S/C15H15FN2OS/c16-10-2-1-3-11-12(10)13(17)14(20-11)15(19)18-7-8-4-5-9(18)6-8/h1-3,8-9H,4-7,17H2. The first-order valence-corrected chi connectivity index (χ1v) is 7.74. The zero-order chi connectivity index (χ0) is 13.9. The SMILES string of the molecule is Nc1c(C(=O)N2CC3CCC2C3)sc2cccc(F)c12. The molecule has 4 rings (SSSR count). The maximum Gasteiger partial charge on any atom is 0.266 e. The van der Waals surface area contributed by atoms with Crippen LogP contribution in [0.3, 0.4) is 0 Å². The van der Waals surface area contributed by atoms with Crippen molar-refractivity contribution >= 4 is 33.0 Å². The Bertz CT molecular complexity index is 711. The molecule has 1 aromatic carbocycles. The molecule has 2 aromatic rings. The number of amides is 1. The van der Waals surface area contributed by atoms with E-state index in [1.165, 1.54) is 23.8 Å². The van der Waals surface area contributed by atoms with Crippen molar-refractivity contribution in [1.29, 1.82) is 0 Å². The molecule has 1 aliphatic heterocycles. The molecular formula is C15H15FN2OS. The van der Waals surface area contributed by atoms with E-state index in [2.05, 4.69) is 0 Å². The van der Waals surface area contributed by atoms with Gasteiger partial charge in [0.15, 0.2) is 0 Å². The summed E-state index contributed by atoms with van der Waals surface area (Å²) in [6.45, 7) is 0.833. The predicted octanol–water partition coefficient (Wildman–Crippen LogP) is 3.25. The van der Waals surface area contributed by atoms with Crippen LogP contribution in [0.1, 0.15) is 28.9 Å². The van der Waals surface area contributed by atoms with Crippen LogP contribution in [0, 0.1) is 11.7 Å². The van der Waals surface area contributed by atoms with Gasteiger partial charge in [-0.3, -0.25) is 4.79 Å². The summed E-state index contributed by atoms with van der Waals surface area (Å²) in [6, 6.07) is 5.21. The number of carbonyl (C=O) groups is 1. The van der Waals surface area contributed by atoms with Crippen LogP contribution in [0.5, 0.6) is 0 Å². The fraction of sp³-hybridized carbons (Fsp3) is 0.400. The Hall–Kier alpha value is -1.62. The fourth-order valence-electron chi connectivity index (χ4n) is 3.59. The lowest BCUT2D eigenvalue weighted by molar-refractivity contribution is 0.0709. The number of halogens is 1. The first kappa shape index (κ1) is 12.1. The number of benzene rings is 1. The molecule has 2 bridgehead atoms. The predicted molar refractivity (Wildman–Crippen MR) is 78.4 cm³/mol. The average molecular weight is 290 g/mol. The molecule has 2 heterocycles. The van der Waals surface area contributed by atoms with Crippen molar-refractivity contribution in [1.82, 2.24) is 4.90 Å². The maximum absolute atomic E-state index is 13.9. The zero-order valence-electron chi connectivity index (χ0n) is 10.9. The summed E-state index contributed by atoms with van der Waals surface area (Å²) in [5, 5.41) is 0.394. The molecule has 2 unspecified atom stereocenters. The number of carbonyl (C=O) groups excluding carboxylic acids is 1. The van der Waals surface area contributed by atoms with Gasteiger partial charge in [0.2, 0.25) is 0 Å². The molecule has 2 atom stereocenters. The minimum Gasteiger partial charge on any atom is -0.397 e. The van der Waals surface area contributed by atoms with Gasteiger partial charge in [0, 0.05) is 17.3 Å². The second kappa shape index (κ2) is 4.19. The van der Waals surface area contributed by atoms with Crippen molar-refractivity contribution in [3.05, 3.63) is 28.9 Å². The van der Waals surface area contributed by atoms with Gasteiger partial charge in [-0.05, 0) is 37.3 Å². The van der Waals surface area contributed by atoms with Crippen LogP contribution in [0.2, 0.25) is 0 Å². The van der Waals surface area contributed by atoms with Gasteiger partial charge in [-0.1, -0.05) is 6.07 Å². The molecule has 20 heavy (non-hydrogen) atoms. The van der Waals surface area contributed by atoms with Gasteiger partial charge < -0.3 is 10.6 Å². The Morgan fingerprint density at radius 3 is 2.90 bits per heavy atom. The van der Waals surface area contributed by atoms with Crippen LogP contribution in [-0.4, -0.2) is 23.4 Å². The number of anilines is 1. The molecule has 5 heteroatoms. The van der Waals surface area contributed by atoms with Crippen LogP contribution < -0.4 is 5.73 Å². The lowest BCUT2D eigenvalue weighted by atomic mass is 10.1. The van der Waals surface area contributed by atoms with E-state index in [4.69, 9.17) is 5.73 Å². The van der Waals surface area contributed by atoms with Crippen LogP contribution in [0.25, 0.3) is 10.1 Å². The van der Waals surface area contributed by atoms with Crippen molar-refractivity contribution in [3.8, 4) is 0 Å². The molecule has 0 radical (unpaired) electrons. The molecular weight excluding hydrogens is 275 g/mol. The summed E-state index contributed by atoms with van der Waals surface area (Å²) >= 11 is 1.30. The van der Waals surface area contributed by atoms with Crippen LogP contribution in [-0.2, 0) is 0 Å². The van der Waals surface area contributed by atoms with E-state index < -0.39 is 0 Å². The minimum atomic E-state index is -0.349. The Kier molecular flexibility index (Phi) is 2.54. The second-order valence-electron chi connectivity index (χ2n) is 5.75. The van der Waals surface area contributed by atoms with Gasteiger partial charge in [0.05, 0.1) is 11.1 Å². The highest BCUT2D eigenvalue weighted by Gasteiger charge is 2.41. The number of piperidine rings is 1. The molecule has 2 N–H and O–H groups in total. The smallest absolute Gasteiger partial charge is 0.266 e. The number of hydrogen-bond acceptors (Lipinski definition) is 3. The summed E-state index contributed by atoms with van der Waals surface area (Å²) in [6.07, 6.45) is 3.44. The number of hydrogen-bond donors (Lipinski definition) is 1. The van der Waals surface area contributed by atoms with Gasteiger partial charge in [0.25, 0.3) is 5.91 Å². The van der Waals surface area contributed by atoms with Gasteiger partial charge in [-0.15, -0.1) is 11.3 Å². The van der Waals surface area contributed by atoms with E-state index >= 15 is 0 Å². The van der Waals surface area contributed by atoms with Crippen molar-refractivity contribution < 1.29 is 9.18 Å². The molecule has 0 spiro atoms. The highest BCUT2D eigenvalue weighted by atomic mass is 32.1. The first-order chi connectivity index (χ1) is 9.65. The number of nitrogen functional groups attached to an aromatic ring is 1. The number of rotatable bonds is 1. The average Bonchev–Trinajstić information content (AvgIpc) is 3.12. The summed E-state index contributed by atoms with van der Waals surface area (Å²) in [5.74, 6) is 0.282. The van der Waals surface area contributed by atoms with Gasteiger partial charge in [-0.25, -0.2) is 4.39 Å². The Morgan fingerprint density at radius 2 is 2.25 bits per heavy atom. The quantitative estimate of drug-likeness (QED) is 0.876. The lowest BCUT2D eigenvalue weighted by Crippen LogP contribution is -2.37. The van der Waals surface area contributed by atoms with Crippen molar-refractivity contribution in [2.24, 2.45) is 5.92 Å². The minimum absolute atomic E-state index is 0.0182. The van der Waals surface area contributed by atoms with E-state index in [1.807, 2.05) is 11.0 Å². The molecule has 1 saturated heterocycles. The molecule has 1 amide bonds. The zero-order valence-corrected chi connectivity index (χ0v) is 11.8. The van der Waals surface area contributed by atoms with Crippen molar-refractivity contribution in [2.45, 2.75) is 25.3 Å². The van der Waals surface area contributed by atoms with E-state index in [0.717, 1.165) is 24.1 Å². The van der Waals surface area contributed by atoms with Crippen LogP contribution >= 0.6 is 11.3 Å². The molecule has 2 aliphatic rings. The number of likely N-dealkylation sites (tertiary alicyclic amines) is 1. The molecule has 3 nitrogen and oxygen atoms in total. The number of nitrogens with zero attached hydrogens (tertiary/aromatic N) is 1. The third-order valence-electron chi connectivity index (χ3n) is 4.57. The highest BCUT2D eigenvalue weighted by Crippen LogP contribution is 2.41. The van der Waals surface area contributed by atoms with Gasteiger partial charge in [-0.2, -0.15) is 0 Å². The van der Waals surface area contributed by atoms with Crippen LogP contribution in [0.4, 0.5) is 10.1 Å². The van der Waals surface area contributed by atoms with Gasteiger partial charge >= 0.3 is 0 Å². The van der Waals surface area contributed by atoms with Crippen LogP contribution in [0.15, 0.2) is 18.2 Å². The van der Waals surface area contributed by atoms with E-state index in [9.17, 15) is 9.18 Å². The topological polar surface area (TPSA) is 46.3 Å². The van der Waals surface area contributed by atoms with E-state index in [1.54, 1.807) is 6.07 Å². The Labute approximate surface area is 120 Å². The normalized spacial score (nSPS) is 24.8. The summed E-state index contributed by atoms with van der Waals surface area (Å²) in [7, 11) is 0. The van der Waals surface area contributed by atoms with E-state index in [-0.39, 0.29) is 11.7 Å². The molecule has 1 aromatic heterocycles. The lowest BCUT2D eigenvalue weighted by Gasteiger charge is -2.26. The first-order valence-electron chi connectivity index (χ1n) is 6.92. The summed E-state index contributed by atoms with van der Waals surface area (Å²) in [4.78, 5) is 15.1. The molecule has 104 valence electrons. The molecule has 1 aliphatic carbocycles.